The fraction of sp³-hybridized carbons (Fsp3) is 0.462. The molecule has 1 amide bonds. The maximum atomic E-state index is 11.9. The minimum atomic E-state index is 0.0622. The molecule has 0 spiro atoms. The van der Waals surface area contributed by atoms with Crippen molar-refractivity contribution >= 4 is 12.0 Å². The second-order valence-electron chi connectivity index (χ2n) is 4.41. The van der Waals surface area contributed by atoms with Crippen molar-refractivity contribution in [1.82, 2.24) is 9.80 Å². The van der Waals surface area contributed by atoms with E-state index in [1.54, 1.807) is 12.2 Å². The number of likely N-dealkylation sites (N-methyl/N-ethyl adjacent to an activating group) is 1. The Bertz CT molecular complexity index is 415. The summed E-state index contributed by atoms with van der Waals surface area (Å²) in [5.41, 5.74) is 0. The minimum absolute atomic E-state index is 0.0622. The van der Waals surface area contributed by atoms with E-state index in [1.807, 2.05) is 24.0 Å². The zero-order valence-electron chi connectivity index (χ0n) is 10.3. The highest BCUT2D eigenvalue weighted by atomic mass is 16.3. The fourth-order valence-electron chi connectivity index (χ4n) is 1.83. The molecule has 1 aromatic rings. The maximum Gasteiger partial charge on any atom is 0.246 e. The van der Waals surface area contributed by atoms with Crippen LogP contribution >= 0.6 is 0 Å². The highest BCUT2D eigenvalue weighted by molar-refractivity contribution is 5.91. The lowest BCUT2D eigenvalue weighted by atomic mass is 10.3. The smallest absolute Gasteiger partial charge is 0.246 e. The van der Waals surface area contributed by atoms with Gasteiger partial charge in [-0.2, -0.15) is 0 Å². The Morgan fingerprint density at radius 3 is 2.59 bits per heavy atom. The average Bonchev–Trinajstić information content (AvgIpc) is 2.73. The lowest BCUT2D eigenvalue weighted by Gasteiger charge is -2.31. The molecule has 0 aromatic carbocycles. The highest BCUT2D eigenvalue weighted by Crippen LogP contribution is 2.08. The number of nitrogens with zero attached hydrogens (tertiary/aromatic N) is 2. The van der Waals surface area contributed by atoms with E-state index in [0.717, 1.165) is 37.7 Å². The van der Waals surface area contributed by atoms with Crippen LogP contribution in [0.5, 0.6) is 0 Å². The second kappa shape index (κ2) is 5.19. The zero-order valence-corrected chi connectivity index (χ0v) is 10.3. The first kappa shape index (κ1) is 11.9. The van der Waals surface area contributed by atoms with Gasteiger partial charge in [0, 0.05) is 32.3 Å². The molecular formula is C13H18N2O2. The number of piperazine rings is 1. The van der Waals surface area contributed by atoms with Gasteiger partial charge in [0.2, 0.25) is 5.91 Å². The molecule has 92 valence electrons. The normalized spacial score (nSPS) is 17.9. The number of amides is 1. The van der Waals surface area contributed by atoms with Crippen LogP contribution in [0, 0.1) is 6.92 Å². The van der Waals surface area contributed by atoms with E-state index in [9.17, 15) is 4.79 Å². The maximum absolute atomic E-state index is 11.9. The summed E-state index contributed by atoms with van der Waals surface area (Å²) in [5, 5.41) is 0. The molecule has 0 radical (unpaired) electrons. The SMILES string of the molecule is Cc1ccc(C=CC(=O)N2CCN(C)CC2)o1. The van der Waals surface area contributed by atoms with E-state index in [2.05, 4.69) is 11.9 Å². The van der Waals surface area contributed by atoms with E-state index in [-0.39, 0.29) is 5.91 Å². The van der Waals surface area contributed by atoms with Gasteiger partial charge >= 0.3 is 0 Å². The summed E-state index contributed by atoms with van der Waals surface area (Å²) < 4.78 is 5.37. The van der Waals surface area contributed by atoms with Crippen LogP contribution in [0.2, 0.25) is 0 Å². The van der Waals surface area contributed by atoms with Gasteiger partial charge in [-0.3, -0.25) is 4.79 Å². The van der Waals surface area contributed by atoms with Crippen molar-refractivity contribution in [3.8, 4) is 0 Å². The van der Waals surface area contributed by atoms with Gasteiger partial charge in [0.15, 0.2) is 0 Å². The number of hydrogen-bond donors (Lipinski definition) is 0. The summed E-state index contributed by atoms with van der Waals surface area (Å²) in [6, 6.07) is 3.75. The van der Waals surface area contributed by atoms with Crippen molar-refractivity contribution in [3.63, 3.8) is 0 Å². The van der Waals surface area contributed by atoms with Gasteiger partial charge < -0.3 is 14.2 Å². The molecule has 0 bridgehead atoms. The first-order valence-electron chi connectivity index (χ1n) is 5.87. The van der Waals surface area contributed by atoms with Crippen LogP contribution in [0.1, 0.15) is 11.5 Å². The van der Waals surface area contributed by atoms with E-state index in [4.69, 9.17) is 4.42 Å². The molecule has 1 aromatic heterocycles. The molecule has 1 aliphatic rings. The standard InChI is InChI=1S/C13H18N2O2/c1-11-3-4-12(17-11)5-6-13(16)15-9-7-14(2)8-10-15/h3-6H,7-10H2,1-2H3. The Morgan fingerprint density at radius 1 is 1.29 bits per heavy atom. The number of carbonyl (C=O) groups is 1. The predicted molar refractivity (Wildman–Crippen MR) is 66.6 cm³/mol. The van der Waals surface area contributed by atoms with Crippen LogP contribution in [0.3, 0.4) is 0 Å². The van der Waals surface area contributed by atoms with Gasteiger partial charge in [-0.15, -0.1) is 0 Å². The van der Waals surface area contributed by atoms with Gasteiger partial charge in [-0.25, -0.2) is 0 Å². The van der Waals surface area contributed by atoms with Crippen molar-refractivity contribution in [1.29, 1.82) is 0 Å². The summed E-state index contributed by atoms with van der Waals surface area (Å²) >= 11 is 0. The second-order valence-corrected chi connectivity index (χ2v) is 4.41. The van der Waals surface area contributed by atoms with Crippen molar-refractivity contribution in [2.75, 3.05) is 33.2 Å². The number of aryl methyl sites for hydroxylation is 1. The van der Waals surface area contributed by atoms with Crippen LogP contribution in [0.4, 0.5) is 0 Å². The lowest BCUT2D eigenvalue weighted by Crippen LogP contribution is -2.46. The largest absolute Gasteiger partial charge is 0.462 e. The Balaban J connectivity index is 1.90. The van der Waals surface area contributed by atoms with E-state index >= 15 is 0 Å². The first-order valence-corrected chi connectivity index (χ1v) is 5.87. The van der Waals surface area contributed by atoms with Crippen molar-refractivity contribution < 1.29 is 9.21 Å². The van der Waals surface area contributed by atoms with Crippen LogP contribution in [0.25, 0.3) is 6.08 Å². The molecule has 0 unspecified atom stereocenters. The molecule has 4 nitrogen and oxygen atoms in total. The van der Waals surface area contributed by atoms with E-state index < -0.39 is 0 Å². The average molecular weight is 234 g/mol. The fourth-order valence-corrected chi connectivity index (χ4v) is 1.83. The molecule has 17 heavy (non-hydrogen) atoms. The molecule has 1 saturated heterocycles. The third-order valence-corrected chi connectivity index (χ3v) is 2.97. The van der Waals surface area contributed by atoms with Gasteiger partial charge in [-0.05, 0) is 32.2 Å². The number of carbonyl (C=O) groups excluding carboxylic acids is 1. The zero-order chi connectivity index (χ0) is 12.3. The lowest BCUT2D eigenvalue weighted by molar-refractivity contribution is -0.127. The Labute approximate surface area is 101 Å². The van der Waals surface area contributed by atoms with Gasteiger partial charge in [0.25, 0.3) is 0 Å². The topological polar surface area (TPSA) is 36.7 Å². The Hall–Kier alpha value is -1.55. The number of rotatable bonds is 2. The molecule has 0 saturated carbocycles. The summed E-state index contributed by atoms with van der Waals surface area (Å²) in [6.07, 6.45) is 3.32. The number of furan rings is 1. The summed E-state index contributed by atoms with van der Waals surface area (Å²) in [4.78, 5) is 16.0. The summed E-state index contributed by atoms with van der Waals surface area (Å²) in [7, 11) is 2.07. The molecule has 0 N–H and O–H groups in total. The molecule has 4 heteroatoms. The van der Waals surface area contributed by atoms with Crippen LogP contribution in [0.15, 0.2) is 22.6 Å². The number of hydrogen-bond acceptors (Lipinski definition) is 3. The Kier molecular flexibility index (Phi) is 3.64. The molecular weight excluding hydrogens is 216 g/mol. The third-order valence-electron chi connectivity index (χ3n) is 2.97. The summed E-state index contributed by atoms with van der Waals surface area (Å²) in [5.74, 6) is 1.65. The monoisotopic (exact) mass is 234 g/mol. The molecule has 2 rings (SSSR count). The molecule has 0 aliphatic carbocycles. The molecule has 2 heterocycles. The van der Waals surface area contributed by atoms with Crippen LogP contribution in [-0.2, 0) is 4.79 Å². The molecule has 0 atom stereocenters. The van der Waals surface area contributed by atoms with Gasteiger partial charge in [0.05, 0.1) is 0 Å². The quantitative estimate of drug-likeness (QED) is 0.725. The van der Waals surface area contributed by atoms with Crippen molar-refractivity contribution in [2.45, 2.75) is 6.92 Å². The highest BCUT2D eigenvalue weighted by Gasteiger charge is 2.16. The van der Waals surface area contributed by atoms with Gasteiger partial charge in [-0.1, -0.05) is 0 Å². The third kappa shape index (κ3) is 3.20. The first-order chi connectivity index (χ1) is 8.15. The predicted octanol–water partition coefficient (Wildman–Crippen LogP) is 1.38. The van der Waals surface area contributed by atoms with Crippen LogP contribution < -0.4 is 0 Å². The summed E-state index contributed by atoms with van der Waals surface area (Å²) in [6.45, 7) is 5.38. The van der Waals surface area contributed by atoms with Gasteiger partial charge in [0.1, 0.15) is 11.5 Å². The van der Waals surface area contributed by atoms with E-state index in [0.29, 0.717) is 0 Å². The van der Waals surface area contributed by atoms with Crippen LogP contribution in [-0.4, -0.2) is 48.9 Å². The molecule has 1 aliphatic heterocycles. The minimum Gasteiger partial charge on any atom is -0.462 e. The van der Waals surface area contributed by atoms with Crippen molar-refractivity contribution in [2.24, 2.45) is 0 Å². The molecule has 1 fully saturated rings. The Morgan fingerprint density at radius 2 is 2.00 bits per heavy atom. The van der Waals surface area contributed by atoms with Crippen molar-refractivity contribution in [3.05, 3.63) is 29.7 Å². The van der Waals surface area contributed by atoms with E-state index in [1.165, 1.54) is 0 Å².